The summed E-state index contributed by atoms with van der Waals surface area (Å²) in [5, 5.41) is 48.4. The van der Waals surface area contributed by atoms with E-state index < -0.39 is 36.9 Å². The fourth-order valence-corrected chi connectivity index (χ4v) is 1.10. The van der Waals surface area contributed by atoms with Crippen molar-refractivity contribution in [2.75, 3.05) is 20.7 Å². The van der Waals surface area contributed by atoms with E-state index >= 15 is 0 Å². The Morgan fingerprint density at radius 3 is 2.06 bits per heavy atom. The van der Waals surface area contributed by atoms with Gasteiger partial charge in [-0.25, -0.2) is 0 Å². The van der Waals surface area contributed by atoms with Crippen LogP contribution in [0.4, 0.5) is 0 Å². The first-order valence-corrected chi connectivity index (χ1v) is 5.52. The van der Waals surface area contributed by atoms with Gasteiger partial charge in [0.1, 0.15) is 18.3 Å². The van der Waals surface area contributed by atoms with Gasteiger partial charge in [0.15, 0.2) is 6.10 Å². The summed E-state index contributed by atoms with van der Waals surface area (Å²) in [6.07, 6.45) is -7.61. The minimum atomic E-state index is -1.90. The molecule has 0 radical (unpaired) electrons. The minimum absolute atomic E-state index is 0.376. The fourth-order valence-electron chi connectivity index (χ4n) is 1.10. The van der Waals surface area contributed by atoms with E-state index in [2.05, 4.69) is 5.32 Å². The van der Waals surface area contributed by atoms with Crippen LogP contribution in [0.2, 0.25) is 0 Å². The Kier molecular flexibility index (Phi) is 7.29. The second kappa shape index (κ2) is 7.62. The van der Waals surface area contributed by atoms with Gasteiger partial charge in [-0.3, -0.25) is 9.69 Å². The molecular formula is C10H22N2O6. The van der Waals surface area contributed by atoms with Gasteiger partial charge in [0.05, 0.1) is 12.8 Å². The Hall–Kier alpha value is -0.770. The zero-order valence-corrected chi connectivity index (χ0v) is 10.7. The van der Waals surface area contributed by atoms with Crippen LogP contribution in [0.25, 0.3) is 0 Å². The van der Waals surface area contributed by atoms with Crippen molar-refractivity contribution in [1.82, 2.24) is 10.2 Å². The van der Waals surface area contributed by atoms with Gasteiger partial charge in [-0.15, -0.1) is 0 Å². The molecule has 5 atom stereocenters. The van der Waals surface area contributed by atoms with Gasteiger partial charge >= 0.3 is 0 Å². The lowest BCUT2D eigenvalue weighted by Gasteiger charge is -2.27. The van der Waals surface area contributed by atoms with E-state index in [4.69, 9.17) is 10.2 Å². The lowest BCUT2D eigenvalue weighted by molar-refractivity contribution is -0.150. The Morgan fingerprint density at radius 1 is 1.17 bits per heavy atom. The molecule has 0 rings (SSSR count). The van der Waals surface area contributed by atoms with Crippen molar-refractivity contribution >= 4 is 5.91 Å². The Balaban J connectivity index is 4.45. The molecule has 5 unspecified atom stereocenters. The van der Waals surface area contributed by atoms with E-state index in [0.717, 1.165) is 0 Å². The highest BCUT2D eigenvalue weighted by atomic mass is 16.4. The lowest BCUT2D eigenvalue weighted by Crippen LogP contribution is -2.54. The molecular weight excluding hydrogens is 244 g/mol. The normalized spacial score (nSPS) is 20.1. The first kappa shape index (κ1) is 17.2. The van der Waals surface area contributed by atoms with E-state index in [1.54, 1.807) is 25.9 Å². The third kappa shape index (κ3) is 4.84. The monoisotopic (exact) mass is 266 g/mol. The number of nitrogens with one attached hydrogen (secondary N) is 1. The van der Waals surface area contributed by atoms with Crippen LogP contribution in [0.1, 0.15) is 6.92 Å². The Bertz CT molecular complexity index is 263. The molecule has 6 N–H and O–H groups in total. The zero-order chi connectivity index (χ0) is 14.5. The van der Waals surface area contributed by atoms with Crippen LogP contribution in [0, 0.1) is 0 Å². The number of amides is 1. The summed E-state index contributed by atoms with van der Waals surface area (Å²) in [7, 11) is 3.41. The highest BCUT2D eigenvalue weighted by Crippen LogP contribution is 2.05. The maximum Gasteiger partial charge on any atom is 0.252 e. The summed E-state index contributed by atoms with van der Waals surface area (Å²) in [5.74, 6) is -0.882. The van der Waals surface area contributed by atoms with Crippen molar-refractivity contribution in [3.05, 3.63) is 0 Å². The highest BCUT2D eigenvalue weighted by molar-refractivity contribution is 5.81. The van der Waals surface area contributed by atoms with E-state index in [1.165, 1.54) is 0 Å². The van der Waals surface area contributed by atoms with Crippen molar-refractivity contribution in [3.63, 3.8) is 0 Å². The van der Waals surface area contributed by atoms with Crippen LogP contribution in [-0.2, 0) is 4.79 Å². The molecule has 0 spiro atoms. The average molecular weight is 266 g/mol. The summed E-state index contributed by atoms with van der Waals surface area (Å²) in [6.45, 7) is 0.872. The molecule has 8 heteroatoms. The zero-order valence-electron chi connectivity index (χ0n) is 10.7. The van der Waals surface area contributed by atoms with Crippen LogP contribution in [-0.4, -0.2) is 87.6 Å². The van der Waals surface area contributed by atoms with Crippen molar-refractivity contribution < 1.29 is 30.3 Å². The number of rotatable bonds is 7. The molecule has 0 bridgehead atoms. The topological polar surface area (TPSA) is 133 Å². The van der Waals surface area contributed by atoms with Gasteiger partial charge in [0.25, 0.3) is 5.91 Å². The molecule has 8 nitrogen and oxygen atoms in total. The molecule has 0 saturated heterocycles. The van der Waals surface area contributed by atoms with Crippen molar-refractivity contribution in [2.45, 2.75) is 37.5 Å². The smallest absolute Gasteiger partial charge is 0.252 e. The largest absolute Gasteiger partial charge is 0.394 e. The molecule has 0 aromatic rings. The van der Waals surface area contributed by atoms with E-state index in [0.29, 0.717) is 0 Å². The molecule has 0 heterocycles. The van der Waals surface area contributed by atoms with Crippen LogP contribution >= 0.6 is 0 Å². The van der Waals surface area contributed by atoms with Gasteiger partial charge in [0.2, 0.25) is 0 Å². The highest BCUT2D eigenvalue weighted by Gasteiger charge is 2.34. The number of carbonyl (C=O) groups is 1. The second-order valence-electron chi connectivity index (χ2n) is 4.32. The standard InChI is InChI=1S/C10H22N2O6/c1-5(12(2)3)11-10(18)9(17)8(16)7(15)6(14)4-13/h5-9,13-17H,4H2,1-3H3,(H,11,18). The molecule has 108 valence electrons. The van der Waals surface area contributed by atoms with E-state index in [1.807, 2.05) is 0 Å². The number of nitrogens with zero attached hydrogens (tertiary/aromatic N) is 1. The van der Waals surface area contributed by atoms with E-state index in [9.17, 15) is 20.1 Å². The minimum Gasteiger partial charge on any atom is -0.394 e. The van der Waals surface area contributed by atoms with Crippen LogP contribution in [0.15, 0.2) is 0 Å². The van der Waals surface area contributed by atoms with Crippen molar-refractivity contribution in [3.8, 4) is 0 Å². The predicted molar refractivity (Wildman–Crippen MR) is 62.4 cm³/mol. The van der Waals surface area contributed by atoms with Gasteiger partial charge < -0.3 is 30.8 Å². The maximum atomic E-state index is 11.5. The predicted octanol–water partition coefficient (Wildman–Crippen LogP) is -3.55. The van der Waals surface area contributed by atoms with Crippen molar-refractivity contribution in [1.29, 1.82) is 0 Å². The number of aliphatic hydroxyl groups excluding tert-OH is 5. The van der Waals surface area contributed by atoms with Crippen LogP contribution in [0.5, 0.6) is 0 Å². The molecule has 0 aromatic carbocycles. The van der Waals surface area contributed by atoms with Gasteiger partial charge in [0, 0.05) is 0 Å². The van der Waals surface area contributed by atoms with Gasteiger partial charge in [-0.2, -0.15) is 0 Å². The first-order valence-electron chi connectivity index (χ1n) is 5.52. The lowest BCUT2D eigenvalue weighted by atomic mass is 10.0. The summed E-state index contributed by atoms with van der Waals surface area (Å²) >= 11 is 0. The molecule has 0 aliphatic heterocycles. The van der Waals surface area contributed by atoms with Crippen molar-refractivity contribution in [2.24, 2.45) is 0 Å². The summed E-state index contributed by atoms with van der Waals surface area (Å²) in [5.41, 5.74) is 0. The van der Waals surface area contributed by atoms with Crippen LogP contribution < -0.4 is 5.32 Å². The number of aliphatic hydroxyl groups is 5. The quantitative estimate of drug-likeness (QED) is 0.263. The summed E-state index contributed by atoms with van der Waals surface area (Å²) in [6, 6.07) is 0. The summed E-state index contributed by atoms with van der Waals surface area (Å²) in [4.78, 5) is 13.2. The molecule has 0 aliphatic carbocycles. The SMILES string of the molecule is CC(NC(=O)C(O)C(O)C(O)C(O)CO)N(C)C. The second-order valence-corrected chi connectivity index (χ2v) is 4.32. The molecule has 0 fully saturated rings. The molecule has 0 aliphatic rings. The molecule has 18 heavy (non-hydrogen) atoms. The summed E-state index contributed by atoms with van der Waals surface area (Å²) < 4.78 is 0. The number of carbonyl (C=O) groups excluding carboxylic acids is 1. The molecule has 0 aromatic heterocycles. The van der Waals surface area contributed by atoms with Gasteiger partial charge in [-0.05, 0) is 21.0 Å². The Labute approximate surface area is 105 Å². The van der Waals surface area contributed by atoms with E-state index in [-0.39, 0.29) is 6.17 Å². The Morgan fingerprint density at radius 2 is 1.67 bits per heavy atom. The fraction of sp³-hybridized carbons (Fsp3) is 0.900. The van der Waals surface area contributed by atoms with Gasteiger partial charge in [-0.1, -0.05) is 0 Å². The van der Waals surface area contributed by atoms with Crippen LogP contribution in [0.3, 0.4) is 0 Å². The third-order valence-corrected chi connectivity index (χ3v) is 2.65. The first-order chi connectivity index (χ1) is 8.22. The number of hydrogen-bond donors (Lipinski definition) is 6. The molecule has 0 saturated carbocycles. The number of hydrogen-bond acceptors (Lipinski definition) is 7. The molecule has 1 amide bonds. The third-order valence-electron chi connectivity index (χ3n) is 2.65. The average Bonchev–Trinajstić information content (AvgIpc) is 2.34. The maximum absolute atomic E-state index is 11.5.